The molecule has 0 heterocycles. The number of aromatic hydroxyl groups is 3. The molecule has 4 aromatic rings. The average molecular weight is 944 g/mol. The zero-order chi connectivity index (χ0) is 51.1. The maximum absolute atomic E-state index is 11.6. The molecule has 0 saturated carbocycles. The van der Waals surface area contributed by atoms with E-state index < -0.39 is 0 Å². The first-order valence-corrected chi connectivity index (χ1v) is 28.2. The fourth-order valence-electron chi connectivity index (χ4n) is 11.1. The van der Waals surface area contributed by atoms with E-state index in [9.17, 15) is 15.3 Å². The van der Waals surface area contributed by atoms with Crippen LogP contribution in [0.5, 0.6) is 17.2 Å². The molecule has 4 aromatic carbocycles. The number of rotatable bonds is 27. The molecule has 3 N–H and O–H groups in total. The Morgan fingerprint density at radius 3 is 0.739 bits per heavy atom. The number of hydrogen-bond donors (Lipinski definition) is 3. The molecule has 0 amide bonds. The van der Waals surface area contributed by atoms with Gasteiger partial charge in [0, 0.05) is 0 Å². The third kappa shape index (κ3) is 16.7. The van der Waals surface area contributed by atoms with E-state index in [-0.39, 0.29) is 16.2 Å². The van der Waals surface area contributed by atoms with Gasteiger partial charge in [-0.25, -0.2) is 0 Å². The van der Waals surface area contributed by atoms with Gasteiger partial charge in [-0.2, -0.15) is 0 Å². The van der Waals surface area contributed by atoms with Gasteiger partial charge in [0.05, 0.1) is 0 Å². The first-order chi connectivity index (χ1) is 32.5. The molecule has 0 aliphatic carbocycles. The van der Waals surface area contributed by atoms with Crippen molar-refractivity contribution in [1.29, 1.82) is 0 Å². The molecule has 0 aliphatic rings. The van der Waals surface area contributed by atoms with E-state index in [4.69, 9.17) is 0 Å². The van der Waals surface area contributed by atoms with Gasteiger partial charge in [0.15, 0.2) is 0 Å². The van der Waals surface area contributed by atoms with E-state index in [0.717, 1.165) is 71.9 Å². The molecule has 3 nitrogen and oxygen atoms in total. The third-order valence-electron chi connectivity index (χ3n) is 15.2. The Morgan fingerprint density at radius 1 is 0.304 bits per heavy atom. The Hall–Kier alpha value is -3.72. The van der Waals surface area contributed by atoms with Crippen molar-refractivity contribution < 1.29 is 15.3 Å². The molecule has 384 valence electrons. The molecule has 0 saturated heterocycles. The number of hydrogen-bond acceptors (Lipinski definition) is 3. The molecule has 0 atom stereocenters. The lowest BCUT2D eigenvalue weighted by Crippen LogP contribution is -2.18. The van der Waals surface area contributed by atoms with Gasteiger partial charge in [0.2, 0.25) is 0 Å². The smallest absolute Gasteiger partial charge is 0.122 e. The second-order valence-electron chi connectivity index (χ2n) is 24.6. The molecule has 0 unspecified atom stereocenters. The highest BCUT2D eigenvalue weighted by Gasteiger charge is 2.28. The van der Waals surface area contributed by atoms with Gasteiger partial charge in [-0.15, -0.1) is 0 Å². The summed E-state index contributed by atoms with van der Waals surface area (Å²) in [4.78, 5) is 0. The van der Waals surface area contributed by atoms with Crippen LogP contribution in [-0.2, 0) is 54.8 Å². The van der Waals surface area contributed by atoms with Crippen LogP contribution in [0, 0.1) is 20.8 Å². The highest BCUT2D eigenvalue weighted by molar-refractivity contribution is 5.59. The average Bonchev–Trinajstić information content (AvgIpc) is 3.26. The number of aryl methyl sites for hydroxylation is 3. The molecule has 3 heteroatoms. The van der Waals surface area contributed by atoms with E-state index >= 15 is 0 Å². The van der Waals surface area contributed by atoms with E-state index in [1.807, 2.05) is 0 Å². The lowest BCUT2D eigenvalue weighted by molar-refractivity contribution is 0.442. The molecule has 0 radical (unpaired) electrons. The predicted octanol–water partition coefficient (Wildman–Crippen LogP) is 19.1. The Morgan fingerprint density at radius 2 is 0.522 bits per heavy atom. The van der Waals surface area contributed by atoms with Crippen LogP contribution in [-0.4, -0.2) is 15.3 Å². The van der Waals surface area contributed by atoms with Crippen molar-refractivity contribution in [1.82, 2.24) is 0 Å². The Balaban J connectivity index is 2.21. The van der Waals surface area contributed by atoms with Crippen LogP contribution in [0.1, 0.15) is 282 Å². The van der Waals surface area contributed by atoms with Gasteiger partial charge >= 0.3 is 0 Å². The number of unbranched alkanes of at least 4 members (excludes halogenated alkanes) is 15. The van der Waals surface area contributed by atoms with Gasteiger partial charge < -0.3 is 15.3 Å². The molecule has 0 spiro atoms. The fraction of sp³-hybridized carbons (Fsp3) is 0.636. The zero-order valence-electron chi connectivity index (χ0n) is 47.3. The van der Waals surface area contributed by atoms with Gasteiger partial charge in [-0.1, -0.05) is 216 Å². The summed E-state index contributed by atoms with van der Waals surface area (Å²) in [5, 5.41) is 34.7. The molecule has 0 fully saturated rings. The molecular weight excluding hydrogens is 841 g/mol. The van der Waals surface area contributed by atoms with E-state index in [1.54, 1.807) is 16.7 Å². The van der Waals surface area contributed by atoms with Crippen LogP contribution in [0.4, 0.5) is 0 Å². The lowest BCUT2D eigenvalue weighted by Gasteiger charge is -2.30. The van der Waals surface area contributed by atoms with Crippen LogP contribution < -0.4 is 0 Å². The summed E-state index contributed by atoms with van der Waals surface area (Å²) in [6.45, 7) is 33.2. The fourth-order valence-corrected chi connectivity index (χ4v) is 11.1. The monoisotopic (exact) mass is 943 g/mol. The summed E-state index contributed by atoms with van der Waals surface area (Å²) < 4.78 is 0. The molecule has 4 rings (SSSR count). The van der Waals surface area contributed by atoms with Gasteiger partial charge in [-0.05, 0) is 178 Å². The zero-order valence-corrected chi connectivity index (χ0v) is 47.3. The summed E-state index contributed by atoms with van der Waals surface area (Å²) in [6.07, 6.45) is 28.3. The Labute approximate surface area is 424 Å². The largest absolute Gasteiger partial charge is 0.507 e. The first-order valence-electron chi connectivity index (χ1n) is 28.2. The summed E-state index contributed by atoms with van der Waals surface area (Å²) in [7, 11) is 0. The van der Waals surface area contributed by atoms with E-state index in [2.05, 4.69) is 140 Å². The first kappa shape index (κ1) is 57.9. The quantitative estimate of drug-likeness (QED) is 0.0522. The van der Waals surface area contributed by atoms with Crippen molar-refractivity contribution in [3.05, 3.63) is 120 Å². The SMILES string of the molecule is CCCCCCCCc1c(Cc2cc(C)c(O)c(C(C)(C)C)c2)c(CCCCCCCC)c(Cc2cc(C)c(O)c(C(C)(C)C)c2)c(CCCCCCCC)c1Cc1cc(C)c(O)c(C(C)(C)C)c1. The summed E-state index contributed by atoms with van der Waals surface area (Å²) in [5.74, 6) is 1.28. The van der Waals surface area contributed by atoms with Crippen LogP contribution in [0.3, 0.4) is 0 Å². The number of phenolic OH excluding ortho intramolecular Hbond substituents is 3. The minimum atomic E-state index is -0.201. The van der Waals surface area contributed by atoms with Gasteiger partial charge in [0.25, 0.3) is 0 Å². The van der Waals surface area contributed by atoms with Gasteiger partial charge in [-0.3, -0.25) is 0 Å². The topological polar surface area (TPSA) is 60.7 Å². The van der Waals surface area contributed by atoms with Crippen LogP contribution in [0.2, 0.25) is 0 Å². The molecule has 0 aliphatic heterocycles. The van der Waals surface area contributed by atoms with Crippen molar-refractivity contribution >= 4 is 0 Å². The maximum atomic E-state index is 11.6. The minimum Gasteiger partial charge on any atom is -0.507 e. The lowest BCUT2D eigenvalue weighted by atomic mass is 9.75. The van der Waals surface area contributed by atoms with Crippen molar-refractivity contribution in [2.45, 2.75) is 274 Å². The van der Waals surface area contributed by atoms with Crippen molar-refractivity contribution in [3.8, 4) is 17.2 Å². The molecule has 0 aromatic heterocycles. The highest BCUT2D eigenvalue weighted by atomic mass is 16.3. The summed E-state index contributed by atoms with van der Waals surface area (Å²) in [6, 6.07) is 13.8. The number of benzene rings is 4. The molecule has 0 bridgehead atoms. The third-order valence-corrected chi connectivity index (χ3v) is 15.2. The van der Waals surface area contributed by atoms with Crippen molar-refractivity contribution in [2.24, 2.45) is 0 Å². The Bertz CT molecular complexity index is 1960. The standard InChI is InChI=1S/C66H102O3/c1-16-19-22-25-28-31-34-52-55(40-49-37-46(4)61(67)58(43-49)64(7,8)9)53(35-32-29-26-23-20-17-2)57(42-51-39-48(6)63(69)60(45-51)66(13,14)15)54(36-33-30-27-24-21-18-3)56(52)41-50-38-47(5)62(68)59(44-50)65(10,11)12/h37-39,43-45,67-69H,16-36,40-42H2,1-15H3. The normalized spacial score (nSPS) is 12.4. The van der Waals surface area contributed by atoms with Crippen molar-refractivity contribution in [3.63, 3.8) is 0 Å². The summed E-state index contributed by atoms with van der Waals surface area (Å²) >= 11 is 0. The second-order valence-corrected chi connectivity index (χ2v) is 24.6. The van der Waals surface area contributed by atoms with E-state index in [0.29, 0.717) is 17.2 Å². The van der Waals surface area contributed by atoms with Crippen molar-refractivity contribution in [2.75, 3.05) is 0 Å². The predicted molar refractivity (Wildman–Crippen MR) is 301 cm³/mol. The molecule has 69 heavy (non-hydrogen) atoms. The Kier molecular flexibility index (Phi) is 22.3. The van der Waals surface area contributed by atoms with E-state index in [1.165, 1.54) is 149 Å². The van der Waals surface area contributed by atoms with Crippen LogP contribution >= 0.6 is 0 Å². The summed E-state index contributed by atoms with van der Waals surface area (Å²) in [5.41, 5.74) is 18.5. The van der Waals surface area contributed by atoms with Gasteiger partial charge in [0.1, 0.15) is 17.2 Å². The minimum absolute atomic E-state index is 0.201. The van der Waals surface area contributed by atoms with Crippen LogP contribution in [0.15, 0.2) is 36.4 Å². The molecular formula is C66H102O3. The van der Waals surface area contributed by atoms with Crippen LogP contribution in [0.25, 0.3) is 0 Å². The second kappa shape index (κ2) is 26.6. The number of phenols is 3. The highest BCUT2D eigenvalue weighted by Crippen LogP contribution is 2.42. The maximum Gasteiger partial charge on any atom is 0.122 e.